The SMILES string of the molecule is O=C(Oc1c(F)c(F)c(F)c(C(=O)O)c1F)c1cc(I)cc(I)c1I. The summed E-state index contributed by atoms with van der Waals surface area (Å²) >= 11 is 5.62. The summed E-state index contributed by atoms with van der Waals surface area (Å²) in [7, 11) is 0. The Kier molecular flexibility index (Phi) is 6.50. The van der Waals surface area contributed by atoms with Crippen LogP contribution in [0.3, 0.4) is 0 Å². The smallest absolute Gasteiger partial charge is 0.344 e. The van der Waals surface area contributed by atoms with E-state index in [9.17, 15) is 27.2 Å². The number of benzene rings is 2. The first kappa shape index (κ1) is 20.6. The number of carboxylic acids is 1. The first-order valence-electron chi connectivity index (χ1n) is 6.02. The van der Waals surface area contributed by atoms with Crippen LogP contribution in [0.4, 0.5) is 17.6 Å². The Labute approximate surface area is 178 Å². The van der Waals surface area contributed by atoms with Gasteiger partial charge in [-0.25, -0.2) is 22.8 Å². The van der Waals surface area contributed by atoms with Crippen molar-refractivity contribution in [2.75, 3.05) is 0 Å². The summed E-state index contributed by atoms with van der Waals surface area (Å²) in [6, 6.07) is 3.08. The molecule has 0 aliphatic heterocycles. The van der Waals surface area contributed by atoms with Crippen molar-refractivity contribution in [2.45, 2.75) is 0 Å². The summed E-state index contributed by atoms with van der Waals surface area (Å²) in [5, 5.41) is 8.74. The van der Waals surface area contributed by atoms with Gasteiger partial charge in [0.25, 0.3) is 0 Å². The summed E-state index contributed by atoms with van der Waals surface area (Å²) in [6.45, 7) is 0. The molecule has 0 saturated carbocycles. The maximum atomic E-state index is 14.1. The van der Waals surface area contributed by atoms with Crippen molar-refractivity contribution in [1.29, 1.82) is 0 Å². The van der Waals surface area contributed by atoms with E-state index in [1.165, 1.54) is 6.07 Å². The number of hydrogen-bond donors (Lipinski definition) is 1. The molecule has 2 rings (SSSR count). The number of hydrogen-bond acceptors (Lipinski definition) is 3. The molecular formula is C14H3F4I3O4. The Hall–Kier alpha value is -0.710. The third-order valence-corrected chi connectivity index (χ3v) is 6.51. The molecule has 0 bridgehead atoms. The Morgan fingerprint density at radius 2 is 1.52 bits per heavy atom. The van der Waals surface area contributed by atoms with E-state index in [2.05, 4.69) is 4.74 Å². The molecule has 2 aromatic rings. The number of esters is 1. The van der Waals surface area contributed by atoms with E-state index in [0.29, 0.717) is 10.7 Å². The molecule has 1 N–H and O–H groups in total. The molecule has 0 atom stereocenters. The van der Waals surface area contributed by atoms with Gasteiger partial charge in [-0.2, -0.15) is 4.39 Å². The lowest BCUT2D eigenvalue weighted by atomic mass is 10.1. The maximum Gasteiger partial charge on any atom is 0.344 e. The maximum absolute atomic E-state index is 14.1. The Balaban J connectivity index is 2.58. The summed E-state index contributed by atoms with van der Waals surface area (Å²) < 4.78 is 60.9. The molecule has 0 unspecified atom stereocenters. The average Bonchev–Trinajstić information content (AvgIpc) is 2.52. The van der Waals surface area contributed by atoms with Crippen molar-refractivity contribution in [1.82, 2.24) is 0 Å². The minimum Gasteiger partial charge on any atom is -0.477 e. The third-order valence-electron chi connectivity index (χ3n) is 2.84. The lowest BCUT2D eigenvalue weighted by Crippen LogP contribution is -2.17. The minimum absolute atomic E-state index is 0.0719. The van der Waals surface area contributed by atoms with E-state index in [-0.39, 0.29) is 5.56 Å². The number of carboxylic acid groups (broad SMARTS) is 1. The highest BCUT2D eigenvalue weighted by molar-refractivity contribution is 14.1. The standard InChI is InChI=1S/C14H3F4I3O4/c15-7-6(13(22)23)8(16)12(10(18)9(7)17)25-14(24)4-1-3(19)2-5(20)11(4)21/h1-2H,(H,22,23). The topological polar surface area (TPSA) is 63.6 Å². The van der Waals surface area contributed by atoms with Crippen molar-refractivity contribution < 1.29 is 37.0 Å². The quantitative estimate of drug-likeness (QED) is 0.123. The lowest BCUT2D eigenvalue weighted by molar-refractivity contribution is 0.0665. The number of carbonyl (C=O) groups excluding carboxylic acids is 1. The molecule has 0 radical (unpaired) electrons. The molecular weight excluding hydrogens is 689 g/mol. The van der Waals surface area contributed by atoms with Crippen LogP contribution in [0.2, 0.25) is 0 Å². The number of rotatable bonds is 3. The van der Waals surface area contributed by atoms with E-state index >= 15 is 0 Å². The van der Waals surface area contributed by atoms with Crippen LogP contribution in [0, 0.1) is 34.0 Å². The van der Waals surface area contributed by atoms with Crippen LogP contribution in [-0.4, -0.2) is 17.0 Å². The van der Waals surface area contributed by atoms with Gasteiger partial charge in [0.1, 0.15) is 5.56 Å². The molecule has 0 aromatic heterocycles. The lowest BCUT2D eigenvalue weighted by Gasteiger charge is -2.12. The van der Waals surface area contributed by atoms with Gasteiger partial charge in [-0.15, -0.1) is 0 Å². The highest BCUT2D eigenvalue weighted by Crippen LogP contribution is 2.32. The highest BCUT2D eigenvalue weighted by atomic mass is 127. The number of halogens is 7. The second-order valence-corrected chi connectivity index (χ2v) is 7.89. The van der Waals surface area contributed by atoms with Gasteiger partial charge < -0.3 is 9.84 Å². The summed E-state index contributed by atoms with van der Waals surface area (Å²) in [5.41, 5.74) is -1.83. The second kappa shape index (κ2) is 7.89. The molecule has 0 heterocycles. The fourth-order valence-corrected chi connectivity index (χ4v) is 4.12. The van der Waals surface area contributed by atoms with Crippen molar-refractivity contribution in [2.24, 2.45) is 0 Å². The fraction of sp³-hybridized carbons (Fsp3) is 0. The Morgan fingerprint density at radius 1 is 0.920 bits per heavy atom. The van der Waals surface area contributed by atoms with Crippen LogP contribution in [0.15, 0.2) is 12.1 Å². The molecule has 4 nitrogen and oxygen atoms in total. The van der Waals surface area contributed by atoms with Crippen molar-refractivity contribution in [3.63, 3.8) is 0 Å². The molecule has 132 valence electrons. The number of aromatic carboxylic acids is 1. The van der Waals surface area contributed by atoms with Gasteiger partial charge in [0, 0.05) is 10.7 Å². The minimum atomic E-state index is -2.26. The fourth-order valence-electron chi connectivity index (χ4n) is 1.74. The van der Waals surface area contributed by atoms with Crippen molar-refractivity contribution in [3.05, 3.63) is 57.2 Å². The summed E-state index contributed by atoms with van der Waals surface area (Å²) in [5.74, 6) is -13.7. The van der Waals surface area contributed by atoms with Crippen LogP contribution in [0.25, 0.3) is 0 Å². The van der Waals surface area contributed by atoms with E-state index in [1.807, 2.05) is 45.2 Å². The number of ether oxygens (including phenoxy) is 1. The molecule has 0 amide bonds. The van der Waals surface area contributed by atoms with E-state index in [4.69, 9.17) is 5.11 Å². The van der Waals surface area contributed by atoms with E-state index < -0.39 is 46.5 Å². The predicted molar refractivity (Wildman–Crippen MR) is 103 cm³/mol. The Morgan fingerprint density at radius 3 is 2.08 bits per heavy atom. The van der Waals surface area contributed by atoms with Crippen molar-refractivity contribution in [3.8, 4) is 5.75 Å². The van der Waals surface area contributed by atoms with Gasteiger partial charge in [-0.05, 0) is 79.9 Å². The molecule has 0 fully saturated rings. The normalized spacial score (nSPS) is 10.7. The molecule has 2 aromatic carbocycles. The molecule has 0 aliphatic carbocycles. The highest BCUT2D eigenvalue weighted by Gasteiger charge is 2.32. The van der Waals surface area contributed by atoms with Gasteiger partial charge in [0.2, 0.25) is 11.6 Å². The first-order valence-corrected chi connectivity index (χ1v) is 9.25. The first-order chi connectivity index (χ1) is 11.6. The van der Waals surface area contributed by atoms with Crippen LogP contribution < -0.4 is 4.74 Å². The zero-order chi connectivity index (χ0) is 19.0. The van der Waals surface area contributed by atoms with Gasteiger partial charge in [-0.3, -0.25) is 0 Å². The molecule has 0 aliphatic rings. The molecule has 25 heavy (non-hydrogen) atoms. The van der Waals surface area contributed by atoms with Gasteiger partial charge >= 0.3 is 11.9 Å². The molecule has 0 spiro atoms. The molecule has 11 heteroatoms. The van der Waals surface area contributed by atoms with Crippen LogP contribution >= 0.6 is 67.8 Å². The average molecular weight is 692 g/mol. The largest absolute Gasteiger partial charge is 0.477 e. The van der Waals surface area contributed by atoms with E-state index in [0.717, 1.165) is 0 Å². The third kappa shape index (κ3) is 4.01. The second-order valence-electron chi connectivity index (χ2n) is 4.40. The van der Waals surface area contributed by atoms with E-state index in [1.54, 1.807) is 28.7 Å². The van der Waals surface area contributed by atoms with Gasteiger partial charge in [-0.1, -0.05) is 0 Å². The van der Waals surface area contributed by atoms with Gasteiger partial charge in [0.15, 0.2) is 17.5 Å². The Bertz CT molecular complexity index is 918. The predicted octanol–water partition coefficient (Wildman–Crippen LogP) is 4.97. The monoisotopic (exact) mass is 692 g/mol. The number of carbonyl (C=O) groups is 2. The summed E-state index contributed by atoms with van der Waals surface area (Å²) in [4.78, 5) is 23.0. The van der Waals surface area contributed by atoms with Crippen LogP contribution in [0.5, 0.6) is 5.75 Å². The van der Waals surface area contributed by atoms with Gasteiger partial charge in [0.05, 0.1) is 5.56 Å². The van der Waals surface area contributed by atoms with Crippen molar-refractivity contribution >= 4 is 79.7 Å². The van der Waals surface area contributed by atoms with Crippen LogP contribution in [0.1, 0.15) is 20.7 Å². The van der Waals surface area contributed by atoms with Crippen LogP contribution in [-0.2, 0) is 0 Å². The zero-order valence-electron chi connectivity index (χ0n) is 11.5. The summed E-state index contributed by atoms with van der Waals surface area (Å²) in [6.07, 6.45) is 0. The zero-order valence-corrected chi connectivity index (χ0v) is 17.9. The molecule has 0 saturated heterocycles.